The molecule has 3 aliphatic rings. The Morgan fingerprint density at radius 2 is 0.778 bits per heavy atom. The van der Waals surface area contributed by atoms with Crippen molar-refractivity contribution in [2.24, 2.45) is 11.8 Å². The average Bonchev–Trinajstić information content (AvgIpc) is 1.92. The van der Waals surface area contributed by atoms with E-state index in [2.05, 4.69) is 0 Å². The van der Waals surface area contributed by atoms with Gasteiger partial charge in [-0.15, -0.1) is 0 Å². The molecule has 0 amide bonds. The summed E-state index contributed by atoms with van der Waals surface area (Å²) in [7, 11) is 0. The van der Waals surface area contributed by atoms with Gasteiger partial charge in [0, 0.05) is 0 Å². The maximum atomic E-state index is 1.56. The fourth-order valence-corrected chi connectivity index (χ4v) is 2.28. The first-order valence-electron chi connectivity index (χ1n) is 3.95. The third kappa shape index (κ3) is 1.49. The van der Waals surface area contributed by atoms with Gasteiger partial charge in [-0.3, -0.25) is 0 Å². The van der Waals surface area contributed by atoms with Gasteiger partial charge in [0.15, 0.2) is 0 Å². The van der Waals surface area contributed by atoms with Crippen LogP contribution in [-0.2, 0) is 0 Å². The van der Waals surface area contributed by atoms with Crippen molar-refractivity contribution >= 4 is 0 Å². The van der Waals surface area contributed by atoms with E-state index in [1.165, 1.54) is 0 Å². The Morgan fingerprint density at radius 1 is 0.556 bits per heavy atom. The SMILES string of the molecule is C1CC2CCC1CC2.[Br-]. The molecule has 0 heterocycles. The van der Waals surface area contributed by atoms with E-state index in [9.17, 15) is 0 Å². The van der Waals surface area contributed by atoms with Gasteiger partial charge in [-0.05, 0) is 11.8 Å². The molecule has 0 aromatic heterocycles. The minimum atomic E-state index is 0. The van der Waals surface area contributed by atoms with E-state index in [1.807, 2.05) is 0 Å². The standard InChI is InChI=1S/C8H14.BrH/c1-2-8-5-3-7(1)4-6-8;/h7-8H,1-6H2;1H/p-1. The molecule has 0 radical (unpaired) electrons. The molecule has 3 rings (SSSR count). The lowest BCUT2D eigenvalue weighted by Crippen LogP contribution is -3.00. The summed E-state index contributed by atoms with van der Waals surface area (Å²) in [6, 6.07) is 0. The number of hydrogen-bond acceptors (Lipinski definition) is 0. The molecule has 0 nitrogen and oxygen atoms in total. The van der Waals surface area contributed by atoms with Crippen LogP contribution in [0.3, 0.4) is 0 Å². The molecule has 0 unspecified atom stereocenters. The summed E-state index contributed by atoms with van der Waals surface area (Å²) in [5.41, 5.74) is 0. The Balaban J connectivity index is 0.000000405. The highest BCUT2D eigenvalue weighted by Crippen LogP contribution is 2.40. The van der Waals surface area contributed by atoms with E-state index in [0.717, 1.165) is 11.8 Å². The van der Waals surface area contributed by atoms with Crippen molar-refractivity contribution in [3.05, 3.63) is 0 Å². The van der Waals surface area contributed by atoms with Crippen LogP contribution in [-0.4, -0.2) is 0 Å². The normalized spacial score (nSPS) is 40.0. The first-order chi connectivity index (χ1) is 3.95. The maximum absolute atomic E-state index is 1.56. The minimum Gasteiger partial charge on any atom is -1.00 e. The zero-order chi connectivity index (χ0) is 5.40. The van der Waals surface area contributed by atoms with Crippen LogP contribution in [0.4, 0.5) is 0 Å². The average molecular weight is 190 g/mol. The molecule has 2 bridgehead atoms. The molecule has 0 N–H and O–H groups in total. The Labute approximate surface area is 67.8 Å². The number of hydrogen-bond donors (Lipinski definition) is 0. The van der Waals surface area contributed by atoms with Gasteiger partial charge in [0.1, 0.15) is 0 Å². The Bertz CT molecular complexity index is 59.5. The fraction of sp³-hybridized carbons (Fsp3) is 1.00. The second-order valence-corrected chi connectivity index (χ2v) is 3.46. The summed E-state index contributed by atoms with van der Waals surface area (Å²) in [6.45, 7) is 0. The highest BCUT2D eigenvalue weighted by molar-refractivity contribution is 4.79. The van der Waals surface area contributed by atoms with Crippen LogP contribution in [0.25, 0.3) is 0 Å². The van der Waals surface area contributed by atoms with Crippen LogP contribution < -0.4 is 17.0 Å². The predicted octanol–water partition coefficient (Wildman–Crippen LogP) is -0.409. The van der Waals surface area contributed by atoms with E-state index in [-0.39, 0.29) is 17.0 Å². The lowest BCUT2D eigenvalue weighted by molar-refractivity contribution is -0.00000174. The zero-order valence-electron chi connectivity index (χ0n) is 5.78. The topological polar surface area (TPSA) is 0 Å². The van der Waals surface area contributed by atoms with Crippen molar-refractivity contribution in [2.45, 2.75) is 38.5 Å². The quantitative estimate of drug-likeness (QED) is 0.487. The largest absolute Gasteiger partial charge is 1.00 e. The molecule has 0 spiro atoms. The molecule has 3 saturated carbocycles. The third-order valence-electron chi connectivity index (χ3n) is 2.95. The van der Waals surface area contributed by atoms with Crippen molar-refractivity contribution in [3.8, 4) is 0 Å². The van der Waals surface area contributed by atoms with Gasteiger partial charge in [0.25, 0.3) is 0 Å². The van der Waals surface area contributed by atoms with Crippen LogP contribution in [0.15, 0.2) is 0 Å². The highest BCUT2D eigenvalue weighted by Gasteiger charge is 2.26. The molecule has 0 aliphatic heterocycles. The van der Waals surface area contributed by atoms with E-state index >= 15 is 0 Å². The van der Waals surface area contributed by atoms with Crippen molar-refractivity contribution in [3.63, 3.8) is 0 Å². The van der Waals surface area contributed by atoms with Crippen LogP contribution in [0, 0.1) is 11.8 Å². The van der Waals surface area contributed by atoms with Crippen molar-refractivity contribution in [1.82, 2.24) is 0 Å². The Morgan fingerprint density at radius 3 is 0.889 bits per heavy atom. The van der Waals surface area contributed by atoms with Crippen molar-refractivity contribution in [2.75, 3.05) is 0 Å². The van der Waals surface area contributed by atoms with Gasteiger partial charge < -0.3 is 17.0 Å². The fourth-order valence-electron chi connectivity index (χ4n) is 2.28. The smallest absolute Gasteiger partial charge is 0.0414 e. The van der Waals surface area contributed by atoms with E-state index in [4.69, 9.17) is 0 Å². The summed E-state index contributed by atoms with van der Waals surface area (Å²) >= 11 is 0. The van der Waals surface area contributed by atoms with Crippen LogP contribution in [0.2, 0.25) is 0 Å². The van der Waals surface area contributed by atoms with Crippen LogP contribution in [0.1, 0.15) is 38.5 Å². The predicted molar refractivity (Wildman–Crippen MR) is 34.7 cm³/mol. The first kappa shape index (κ1) is 7.59. The molecule has 0 aromatic rings. The lowest BCUT2D eigenvalue weighted by atomic mass is 9.71. The summed E-state index contributed by atoms with van der Waals surface area (Å²) in [5, 5.41) is 0. The van der Waals surface area contributed by atoms with Gasteiger partial charge >= 0.3 is 0 Å². The van der Waals surface area contributed by atoms with Crippen molar-refractivity contribution in [1.29, 1.82) is 0 Å². The van der Waals surface area contributed by atoms with E-state index in [0.29, 0.717) is 0 Å². The Hall–Kier alpha value is 0.480. The Kier molecular flexibility index (Phi) is 2.57. The summed E-state index contributed by atoms with van der Waals surface area (Å²) in [4.78, 5) is 0. The maximum Gasteiger partial charge on any atom is -0.0414 e. The van der Waals surface area contributed by atoms with Crippen molar-refractivity contribution < 1.29 is 17.0 Å². The zero-order valence-corrected chi connectivity index (χ0v) is 7.36. The van der Waals surface area contributed by atoms with E-state index in [1.54, 1.807) is 38.5 Å². The number of fused-ring (bicyclic) bond motifs is 3. The first-order valence-corrected chi connectivity index (χ1v) is 3.95. The van der Waals surface area contributed by atoms with Gasteiger partial charge in [0.05, 0.1) is 0 Å². The molecule has 0 saturated heterocycles. The molecule has 54 valence electrons. The molecule has 3 aliphatic carbocycles. The minimum absolute atomic E-state index is 0. The number of rotatable bonds is 0. The van der Waals surface area contributed by atoms with Gasteiger partial charge in [-0.1, -0.05) is 38.5 Å². The van der Waals surface area contributed by atoms with Crippen LogP contribution in [0.5, 0.6) is 0 Å². The molecular weight excluding hydrogens is 176 g/mol. The van der Waals surface area contributed by atoms with E-state index < -0.39 is 0 Å². The highest BCUT2D eigenvalue weighted by atomic mass is 79.9. The van der Waals surface area contributed by atoms with Gasteiger partial charge in [-0.25, -0.2) is 0 Å². The third-order valence-corrected chi connectivity index (χ3v) is 2.95. The lowest BCUT2D eigenvalue weighted by Gasteiger charge is -2.35. The molecular formula is C8H14Br-. The second kappa shape index (κ2) is 3.05. The molecule has 9 heavy (non-hydrogen) atoms. The molecule has 0 atom stereocenters. The molecule has 0 aromatic carbocycles. The van der Waals surface area contributed by atoms with Gasteiger partial charge in [0.2, 0.25) is 0 Å². The molecule has 3 fully saturated rings. The van der Waals surface area contributed by atoms with Crippen LogP contribution >= 0.6 is 0 Å². The summed E-state index contributed by atoms with van der Waals surface area (Å²) in [6.07, 6.45) is 9.36. The number of halogens is 1. The monoisotopic (exact) mass is 189 g/mol. The summed E-state index contributed by atoms with van der Waals surface area (Å²) in [5.74, 6) is 2.31. The second-order valence-electron chi connectivity index (χ2n) is 3.46. The molecule has 1 heteroatoms. The summed E-state index contributed by atoms with van der Waals surface area (Å²) < 4.78 is 0. The van der Waals surface area contributed by atoms with Gasteiger partial charge in [-0.2, -0.15) is 0 Å².